The van der Waals surface area contributed by atoms with Crippen LogP contribution in [0.1, 0.15) is 18.4 Å². The molecule has 1 fully saturated rings. The lowest BCUT2D eigenvalue weighted by atomic mass is 10.1. The Kier molecular flexibility index (Phi) is 2.51. The molecule has 18 heavy (non-hydrogen) atoms. The molecule has 1 aromatic rings. The van der Waals surface area contributed by atoms with Crippen molar-refractivity contribution in [2.45, 2.75) is 12.8 Å². The van der Waals surface area contributed by atoms with Gasteiger partial charge in [-0.1, -0.05) is 6.07 Å². The second-order valence-electron chi connectivity index (χ2n) is 4.12. The summed E-state index contributed by atoms with van der Waals surface area (Å²) in [6.07, 6.45) is 3.36. The van der Waals surface area contributed by atoms with Crippen molar-refractivity contribution in [3.63, 3.8) is 0 Å². The third-order valence-corrected chi connectivity index (χ3v) is 3.01. The molecule has 0 bridgehead atoms. The van der Waals surface area contributed by atoms with Gasteiger partial charge in [0.2, 0.25) is 19.1 Å². The third-order valence-electron chi connectivity index (χ3n) is 3.01. The van der Waals surface area contributed by atoms with Crippen LogP contribution in [-0.4, -0.2) is 24.0 Å². The lowest BCUT2D eigenvalue weighted by Crippen LogP contribution is -2.20. The molecule has 3 rings (SSSR count). The molecule has 0 spiro atoms. The van der Waals surface area contributed by atoms with E-state index in [1.54, 1.807) is 0 Å². The van der Waals surface area contributed by atoms with Crippen LogP contribution < -0.4 is 9.47 Å². The van der Waals surface area contributed by atoms with Gasteiger partial charge in [0.05, 0.1) is 0 Å². The first-order valence-corrected chi connectivity index (χ1v) is 5.65. The first kappa shape index (κ1) is 10.8. The van der Waals surface area contributed by atoms with Gasteiger partial charge in [-0.05, 0) is 30.2 Å². The highest BCUT2D eigenvalue weighted by Gasteiger charge is 2.25. The van der Waals surface area contributed by atoms with Crippen molar-refractivity contribution in [1.82, 2.24) is 4.90 Å². The maximum Gasteiger partial charge on any atom is 0.233 e. The van der Waals surface area contributed by atoms with Crippen LogP contribution in [0, 0.1) is 0 Å². The zero-order chi connectivity index (χ0) is 12.5. The molecule has 0 aliphatic carbocycles. The number of likely N-dealkylation sites (tertiary alicyclic amines) is 1. The highest BCUT2D eigenvalue weighted by molar-refractivity contribution is 5.92. The van der Waals surface area contributed by atoms with Crippen LogP contribution in [0.5, 0.6) is 11.5 Å². The molecule has 5 heteroatoms. The second-order valence-corrected chi connectivity index (χ2v) is 4.12. The average Bonchev–Trinajstić information content (AvgIpc) is 2.96. The summed E-state index contributed by atoms with van der Waals surface area (Å²) in [5, 5.41) is 0. The van der Waals surface area contributed by atoms with Crippen LogP contribution >= 0.6 is 0 Å². The third kappa shape index (κ3) is 1.73. The van der Waals surface area contributed by atoms with Crippen molar-refractivity contribution >= 4 is 18.4 Å². The maximum atomic E-state index is 11.4. The predicted molar refractivity (Wildman–Crippen MR) is 62.7 cm³/mol. The standard InChI is InChI=1S/C13H11NO4/c15-7-14-10(2-4-13(14)16)5-9-1-3-11-12(6-9)18-8-17-11/h1,3,5-7H,2,4,8H2. The maximum absolute atomic E-state index is 11.4. The van der Waals surface area contributed by atoms with E-state index >= 15 is 0 Å². The number of imide groups is 1. The fourth-order valence-electron chi connectivity index (χ4n) is 2.10. The van der Waals surface area contributed by atoms with Gasteiger partial charge in [-0.25, -0.2) is 0 Å². The highest BCUT2D eigenvalue weighted by atomic mass is 16.7. The Labute approximate surface area is 104 Å². The summed E-state index contributed by atoms with van der Waals surface area (Å²) in [6.45, 7) is 0.230. The Hall–Kier alpha value is -2.30. The van der Waals surface area contributed by atoms with Gasteiger partial charge >= 0.3 is 0 Å². The minimum atomic E-state index is -0.156. The topological polar surface area (TPSA) is 55.8 Å². The fraction of sp³-hybridized carbons (Fsp3) is 0.231. The van der Waals surface area contributed by atoms with E-state index in [4.69, 9.17) is 9.47 Å². The minimum absolute atomic E-state index is 0.156. The van der Waals surface area contributed by atoms with Crippen molar-refractivity contribution in [3.8, 4) is 11.5 Å². The van der Waals surface area contributed by atoms with E-state index in [9.17, 15) is 9.59 Å². The Morgan fingerprint density at radius 3 is 2.83 bits per heavy atom. The van der Waals surface area contributed by atoms with E-state index < -0.39 is 0 Å². The number of rotatable bonds is 2. The van der Waals surface area contributed by atoms with Crippen molar-refractivity contribution in [3.05, 3.63) is 29.5 Å². The van der Waals surface area contributed by atoms with Crippen LogP contribution in [0.3, 0.4) is 0 Å². The molecule has 0 aromatic heterocycles. The van der Waals surface area contributed by atoms with Crippen LogP contribution in [0.2, 0.25) is 0 Å². The molecule has 1 aromatic carbocycles. The smallest absolute Gasteiger partial charge is 0.233 e. The summed E-state index contributed by atoms with van der Waals surface area (Å²) in [5.74, 6) is 1.25. The predicted octanol–water partition coefficient (Wildman–Crippen LogP) is 1.53. The summed E-state index contributed by atoms with van der Waals surface area (Å²) in [5.41, 5.74) is 1.60. The number of hydrogen-bond donors (Lipinski definition) is 0. The van der Waals surface area contributed by atoms with E-state index in [-0.39, 0.29) is 12.7 Å². The zero-order valence-electron chi connectivity index (χ0n) is 9.59. The van der Waals surface area contributed by atoms with Gasteiger partial charge in [-0.15, -0.1) is 0 Å². The molecular weight excluding hydrogens is 234 g/mol. The quantitative estimate of drug-likeness (QED) is 0.741. The molecule has 2 heterocycles. The number of carbonyl (C=O) groups excluding carboxylic acids is 2. The number of carbonyl (C=O) groups is 2. The van der Waals surface area contributed by atoms with Crippen LogP contribution in [0.15, 0.2) is 23.9 Å². The molecule has 0 saturated carbocycles. The van der Waals surface area contributed by atoms with Crippen molar-refractivity contribution in [1.29, 1.82) is 0 Å². The molecule has 1 saturated heterocycles. The number of fused-ring (bicyclic) bond motifs is 1. The monoisotopic (exact) mass is 245 g/mol. The van der Waals surface area contributed by atoms with E-state index in [1.807, 2.05) is 24.3 Å². The van der Waals surface area contributed by atoms with Gasteiger partial charge in [-0.2, -0.15) is 0 Å². The number of nitrogens with zero attached hydrogens (tertiary/aromatic N) is 1. The summed E-state index contributed by atoms with van der Waals surface area (Å²) in [7, 11) is 0. The Morgan fingerprint density at radius 2 is 2.00 bits per heavy atom. The number of benzene rings is 1. The average molecular weight is 245 g/mol. The number of hydrogen-bond acceptors (Lipinski definition) is 4. The van der Waals surface area contributed by atoms with Gasteiger partial charge in [0, 0.05) is 12.1 Å². The molecule has 0 atom stereocenters. The lowest BCUT2D eigenvalue weighted by molar-refractivity contribution is -0.133. The van der Waals surface area contributed by atoms with Gasteiger partial charge in [0.15, 0.2) is 11.5 Å². The van der Waals surface area contributed by atoms with Crippen LogP contribution in [-0.2, 0) is 9.59 Å². The Balaban J connectivity index is 1.92. The Morgan fingerprint density at radius 1 is 1.17 bits per heavy atom. The Bertz CT molecular complexity index is 550. The lowest BCUT2D eigenvalue weighted by Gasteiger charge is -2.08. The number of allylic oxidation sites excluding steroid dienone is 1. The van der Waals surface area contributed by atoms with E-state index in [0.29, 0.717) is 36.4 Å². The van der Waals surface area contributed by atoms with Crippen molar-refractivity contribution in [2.75, 3.05) is 6.79 Å². The van der Waals surface area contributed by atoms with Gasteiger partial charge in [0.25, 0.3) is 0 Å². The summed E-state index contributed by atoms with van der Waals surface area (Å²) >= 11 is 0. The van der Waals surface area contributed by atoms with Gasteiger partial charge < -0.3 is 9.47 Å². The summed E-state index contributed by atoms with van der Waals surface area (Å²) in [6, 6.07) is 5.52. The summed E-state index contributed by atoms with van der Waals surface area (Å²) < 4.78 is 10.5. The molecule has 92 valence electrons. The molecule has 2 amide bonds. The number of ether oxygens (including phenoxy) is 2. The molecule has 2 aliphatic heterocycles. The molecule has 2 aliphatic rings. The van der Waals surface area contributed by atoms with Gasteiger partial charge in [0.1, 0.15) is 0 Å². The van der Waals surface area contributed by atoms with Crippen molar-refractivity contribution in [2.24, 2.45) is 0 Å². The molecule has 0 radical (unpaired) electrons. The minimum Gasteiger partial charge on any atom is -0.454 e. The zero-order valence-corrected chi connectivity index (χ0v) is 9.59. The first-order valence-electron chi connectivity index (χ1n) is 5.65. The van der Waals surface area contributed by atoms with E-state index in [1.165, 1.54) is 0 Å². The highest BCUT2D eigenvalue weighted by Crippen LogP contribution is 2.33. The summed E-state index contributed by atoms with van der Waals surface area (Å²) in [4.78, 5) is 23.4. The largest absolute Gasteiger partial charge is 0.454 e. The normalized spacial score (nSPS) is 19.7. The van der Waals surface area contributed by atoms with Crippen molar-refractivity contribution < 1.29 is 19.1 Å². The second kappa shape index (κ2) is 4.18. The fourth-order valence-corrected chi connectivity index (χ4v) is 2.10. The number of amides is 2. The molecule has 5 nitrogen and oxygen atoms in total. The molecular formula is C13H11NO4. The molecule has 0 N–H and O–H groups in total. The van der Waals surface area contributed by atoms with E-state index in [2.05, 4.69) is 0 Å². The van der Waals surface area contributed by atoms with Crippen LogP contribution in [0.4, 0.5) is 0 Å². The SMILES string of the molecule is O=CN1C(=O)CCC1=Cc1ccc2c(c1)OCO2. The molecule has 0 unspecified atom stereocenters. The van der Waals surface area contributed by atoms with Gasteiger partial charge in [-0.3, -0.25) is 14.5 Å². The first-order chi connectivity index (χ1) is 8.78. The van der Waals surface area contributed by atoms with Crippen LogP contribution in [0.25, 0.3) is 6.08 Å². The van der Waals surface area contributed by atoms with E-state index in [0.717, 1.165) is 10.5 Å².